The number of rotatable bonds is 5. The number of carbonyl (C=O) groups is 2. The van der Waals surface area contributed by atoms with Crippen LogP contribution in [-0.4, -0.2) is 40.7 Å². The molecule has 108 valence electrons. The van der Waals surface area contributed by atoms with E-state index >= 15 is 0 Å². The molecule has 2 N–H and O–H groups in total. The van der Waals surface area contributed by atoms with Gasteiger partial charge in [-0.2, -0.15) is 0 Å². The Morgan fingerprint density at radius 2 is 2.15 bits per heavy atom. The van der Waals surface area contributed by atoms with Gasteiger partial charge in [0.15, 0.2) is 0 Å². The number of nitrogens with one attached hydrogen (secondary N) is 1. The molecule has 0 aromatic carbocycles. The summed E-state index contributed by atoms with van der Waals surface area (Å²) >= 11 is 0. The fourth-order valence-electron chi connectivity index (χ4n) is 2.42. The third kappa shape index (κ3) is 2.87. The molecule has 0 bridgehead atoms. The average molecular weight is 279 g/mol. The molecular weight excluding hydrogens is 262 g/mol. The molecule has 1 saturated carbocycles. The number of hydrogen-bond acceptors (Lipinski definition) is 6. The number of nitrogens with zero attached hydrogens (tertiary/aromatic N) is 2. The number of carbonyl (C=O) groups excluding carboxylic acids is 1. The average Bonchev–Trinajstić information content (AvgIpc) is 2.95. The van der Waals surface area contributed by atoms with E-state index in [1.165, 1.54) is 13.3 Å². The van der Waals surface area contributed by atoms with Gasteiger partial charge in [0, 0.05) is 12.7 Å². The number of anilines is 1. The first kappa shape index (κ1) is 14.2. The maximum Gasteiger partial charge on any atom is 0.376 e. The highest BCUT2D eigenvalue weighted by atomic mass is 16.5. The van der Waals surface area contributed by atoms with Crippen LogP contribution in [0.5, 0.6) is 0 Å². The molecule has 0 aliphatic heterocycles. The number of carboxylic acid groups (broad SMARTS) is 1. The third-order valence-electron chi connectivity index (χ3n) is 3.65. The first-order valence-electron chi connectivity index (χ1n) is 6.46. The van der Waals surface area contributed by atoms with Crippen molar-refractivity contribution < 1.29 is 19.4 Å². The molecule has 0 amide bonds. The molecular formula is C13H17N3O4. The Morgan fingerprint density at radius 3 is 2.75 bits per heavy atom. The molecule has 0 saturated heterocycles. The van der Waals surface area contributed by atoms with Gasteiger partial charge in [0.1, 0.15) is 5.82 Å². The van der Waals surface area contributed by atoms with Gasteiger partial charge < -0.3 is 15.2 Å². The summed E-state index contributed by atoms with van der Waals surface area (Å²) < 4.78 is 4.54. The Balaban J connectivity index is 2.07. The van der Waals surface area contributed by atoms with Crippen molar-refractivity contribution in [1.29, 1.82) is 0 Å². The maximum absolute atomic E-state index is 11.4. The maximum atomic E-state index is 11.4. The predicted octanol–water partition coefficient (Wildman–Crippen LogP) is 1.32. The Bertz CT molecular complexity index is 512. The first-order chi connectivity index (χ1) is 9.57. The molecule has 7 heteroatoms. The number of carboxylic acids is 1. The van der Waals surface area contributed by atoms with Gasteiger partial charge >= 0.3 is 11.9 Å². The summed E-state index contributed by atoms with van der Waals surface area (Å²) in [7, 11) is 1.25. The minimum Gasteiger partial charge on any atom is -0.481 e. The van der Waals surface area contributed by atoms with Gasteiger partial charge in [0.2, 0.25) is 5.82 Å². The molecule has 1 aliphatic carbocycles. The minimum atomic E-state index is -0.787. The lowest BCUT2D eigenvalue weighted by Crippen LogP contribution is -2.35. The van der Waals surface area contributed by atoms with Crippen molar-refractivity contribution in [3.8, 4) is 0 Å². The predicted molar refractivity (Wildman–Crippen MR) is 70.4 cm³/mol. The molecule has 7 nitrogen and oxygen atoms in total. The standard InChI is InChI=1S/C13H17N3O4/c1-20-11(17)10-14-7-4-9(16-10)15-8-13(12(18)19)5-2-3-6-13/h4,7H,2-3,5-6,8H2,1H3,(H,18,19)(H,14,15,16). The highest BCUT2D eigenvalue weighted by Crippen LogP contribution is 2.38. The second-order valence-electron chi connectivity index (χ2n) is 4.90. The number of hydrogen-bond donors (Lipinski definition) is 2. The molecule has 20 heavy (non-hydrogen) atoms. The zero-order valence-electron chi connectivity index (χ0n) is 11.3. The molecule has 0 atom stereocenters. The van der Waals surface area contributed by atoms with Crippen molar-refractivity contribution in [2.24, 2.45) is 5.41 Å². The number of methoxy groups -OCH3 is 1. The summed E-state index contributed by atoms with van der Waals surface area (Å²) in [5.41, 5.74) is -0.740. The lowest BCUT2D eigenvalue weighted by Gasteiger charge is -2.24. The van der Waals surface area contributed by atoms with E-state index in [4.69, 9.17) is 0 Å². The third-order valence-corrected chi connectivity index (χ3v) is 3.65. The van der Waals surface area contributed by atoms with E-state index in [0.29, 0.717) is 25.2 Å². The second-order valence-corrected chi connectivity index (χ2v) is 4.90. The van der Waals surface area contributed by atoms with Gasteiger partial charge in [-0.05, 0) is 18.9 Å². The molecule has 1 heterocycles. The summed E-state index contributed by atoms with van der Waals surface area (Å²) in [6.07, 6.45) is 4.59. The monoisotopic (exact) mass is 279 g/mol. The highest BCUT2D eigenvalue weighted by Gasteiger charge is 2.41. The Hall–Kier alpha value is -2.18. The molecule has 0 spiro atoms. The lowest BCUT2D eigenvalue weighted by atomic mass is 9.86. The largest absolute Gasteiger partial charge is 0.481 e. The van der Waals surface area contributed by atoms with E-state index in [1.54, 1.807) is 6.07 Å². The van der Waals surface area contributed by atoms with Gasteiger partial charge in [-0.25, -0.2) is 14.8 Å². The van der Waals surface area contributed by atoms with Crippen molar-refractivity contribution in [1.82, 2.24) is 9.97 Å². The molecule has 1 fully saturated rings. The lowest BCUT2D eigenvalue weighted by molar-refractivity contribution is -0.147. The Labute approximate surface area is 116 Å². The van der Waals surface area contributed by atoms with E-state index in [9.17, 15) is 14.7 Å². The van der Waals surface area contributed by atoms with E-state index in [-0.39, 0.29) is 5.82 Å². The molecule has 0 unspecified atom stereocenters. The zero-order chi connectivity index (χ0) is 14.6. The van der Waals surface area contributed by atoms with Gasteiger partial charge in [0.25, 0.3) is 0 Å². The number of aromatic nitrogens is 2. The van der Waals surface area contributed by atoms with Crippen molar-refractivity contribution in [2.75, 3.05) is 19.0 Å². The molecule has 0 radical (unpaired) electrons. The van der Waals surface area contributed by atoms with Crippen LogP contribution in [0.25, 0.3) is 0 Å². The molecule has 1 aliphatic rings. The van der Waals surface area contributed by atoms with E-state index in [1.807, 2.05) is 0 Å². The van der Waals surface area contributed by atoms with E-state index in [2.05, 4.69) is 20.0 Å². The van der Waals surface area contributed by atoms with Crippen LogP contribution in [0.15, 0.2) is 12.3 Å². The van der Waals surface area contributed by atoms with Crippen LogP contribution < -0.4 is 5.32 Å². The molecule has 1 aromatic rings. The zero-order valence-corrected chi connectivity index (χ0v) is 11.3. The van der Waals surface area contributed by atoms with Gasteiger partial charge in [-0.15, -0.1) is 0 Å². The number of aliphatic carboxylic acids is 1. The molecule has 2 rings (SSSR count). The summed E-state index contributed by atoms with van der Waals surface area (Å²) in [5, 5.41) is 12.4. The summed E-state index contributed by atoms with van der Waals surface area (Å²) in [5.74, 6) is -1.03. The van der Waals surface area contributed by atoms with Crippen LogP contribution in [0.1, 0.15) is 36.3 Å². The summed E-state index contributed by atoms with van der Waals surface area (Å²) in [6, 6.07) is 1.59. The van der Waals surface area contributed by atoms with Crippen molar-refractivity contribution in [3.05, 3.63) is 18.1 Å². The fourth-order valence-corrected chi connectivity index (χ4v) is 2.42. The van der Waals surface area contributed by atoms with Gasteiger partial charge in [-0.3, -0.25) is 4.79 Å². The van der Waals surface area contributed by atoms with E-state index < -0.39 is 17.4 Å². The van der Waals surface area contributed by atoms with Crippen LogP contribution in [0, 0.1) is 5.41 Å². The minimum absolute atomic E-state index is 0.0479. The summed E-state index contributed by atoms with van der Waals surface area (Å²) in [6.45, 7) is 0.292. The van der Waals surface area contributed by atoms with Crippen LogP contribution in [0.2, 0.25) is 0 Å². The molecule has 1 aromatic heterocycles. The SMILES string of the molecule is COC(=O)c1nccc(NCC2(C(=O)O)CCCC2)n1. The fraction of sp³-hybridized carbons (Fsp3) is 0.538. The van der Waals surface area contributed by atoms with Crippen LogP contribution in [0.3, 0.4) is 0 Å². The summed E-state index contributed by atoms with van der Waals surface area (Å²) in [4.78, 5) is 30.6. The van der Waals surface area contributed by atoms with Crippen LogP contribution in [-0.2, 0) is 9.53 Å². The van der Waals surface area contributed by atoms with Gasteiger partial charge in [0.05, 0.1) is 12.5 Å². The van der Waals surface area contributed by atoms with Crippen LogP contribution >= 0.6 is 0 Å². The number of ether oxygens (including phenoxy) is 1. The van der Waals surface area contributed by atoms with Crippen molar-refractivity contribution >= 4 is 17.8 Å². The normalized spacial score (nSPS) is 16.6. The topological polar surface area (TPSA) is 101 Å². The van der Waals surface area contributed by atoms with Crippen molar-refractivity contribution in [3.63, 3.8) is 0 Å². The Kier molecular flexibility index (Phi) is 4.16. The van der Waals surface area contributed by atoms with Crippen molar-refractivity contribution in [2.45, 2.75) is 25.7 Å². The second kappa shape index (κ2) is 5.85. The van der Waals surface area contributed by atoms with Gasteiger partial charge in [-0.1, -0.05) is 12.8 Å². The highest BCUT2D eigenvalue weighted by molar-refractivity contribution is 5.85. The van der Waals surface area contributed by atoms with Crippen LogP contribution in [0.4, 0.5) is 5.82 Å². The Morgan fingerprint density at radius 1 is 1.45 bits per heavy atom. The quantitative estimate of drug-likeness (QED) is 0.784. The number of esters is 1. The first-order valence-corrected chi connectivity index (χ1v) is 6.46. The smallest absolute Gasteiger partial charge is 0.376 e. The van der Waals surface area contributed by atoms with E-state index in [0.717, 1.165) is 12.8 Å².